The number of hydrogen-bond donors (Lipinski definition) is 2. The molecular weight excluding hydrogens is 334 g/mol. The van der Waals surface area contributed by atoms with E-state index in [-0.39, 0.29) is 5.82 Å². The van der Waals surface area contributed by atoms with Crippen LogP contribution in [0.15, 0.2) is 28.2 Å². The lowest BCUT2D eigenvalue weighted by atomic mass is 10.2. The van der Waals surface area contributed by atoms with Crippen LogP contribution in [0.25, 0.3) is 0 Å². The molecule has 0 spiro atoms. The largest absolute Gasteiger partial charge is 0.490 e. The molecule has 2 N–H and O–H groups in total. The molecule has 128 valence electrons. The van der Waals surface area contributed by atoms with Crippen molar-refractivity contribution in [1.29, 1.82) is 0 Å². The van der Waals surface area contributed by atoms with Crippen molar-refractivity contribution in [2.24, 2.45) is 5.10 Å². The molecule has 8 nitrogen and oxygen atoms in total. The highest BCUT2D eigenvalue weighted by Crippen LogP contribution is 2.36. The van der Waals surface area contributed by atoms with Crippen LogP contribution in [-0.4, -0.2) is 34.6 Å². The third kappa shape index (κ3) is 4.95. The molecule has 0 saturated heterocycles. The van der Waals surface area contributed by atoms with E-state index in [4.69, 9.17) is 21.1 Å². The van der Waals surface area contributed by atoms with Gasteiger partial charge in [0.05, 0.1) is 30.6 Å². The molecule has 0 fully saturated rings. The van der Waals surface area contributed by atoms with Crippen LogP contribution in [0.4, 0.5) is 5.82 Å². The van der Waals surface area contributed by atoms with Gasteiger partial charge in [0.1, 0.15) is 0 Å². The first-order valence-corrected chi connectivity index (χ1v) is 7.81. The molecule has 9 heteroatoms. The Balaban J connectivity index is 2.17. The van der Waals surface area contributed by atoms with Gasteiger partial charge < -0.3 is 9.47 Å². The molecule has 0 amide bonds. The monoisotopic (exact) mass is 351 g/mol. The van der Waals surface area contributed by atoms with Gasteiger partial charge in [-0.05, 0) is 31.0 Å². The molecule has 0 bridgehead atoms. The molecule has 0 atom stereocenters. The highest BCUT2D eigenvalue weighted by atomic mass is 35.5. The minimum Gasteiger partial charge on any atom is -0.490 e. The maximum Gasteiger partial charge on any atom is 0.363 e. The van der Waals surface area contributed by atoms with Crippen LogP contribution in [0.5, 0.6) is 11.5 Å². The summed E-state index contributed by atoms with van der Waals surface area (Å²) in [6.45, 7) is 4.93. The fraction of sp³-hybridized carbons (Fsp3) is 0.333. The van der Waals surface area contributed by atoms with Gasteiger partial charge in [-0.3, -0.25) is 5.43 Å². The molecule has 0 radical (unpaired) electrons. The summed E-state index contributed by atoms with van der Waals surface area (Å²) in [5.74, 6) is 1.30. The van der Waals surface area contributed by atoms with E-state index < -0.39 is 5.69 Å². The maximum absolute atomic E-state index is 11.0. The number of H-pyrrole nitrogens is 1. The van der Waals surface area contributed by atoms with Crippen molar-refractivity contribution < 1.29 is 9.47 Å². The minimum absolute atomic E-state index is 0.231. The van der Waals surface area contributed by atoms with E-state index in [2.05, 4.69) is 25.7 Å². The van der Waals surface area contributed by atoms with Gasteiger partial charge >= 0.3 is 5.69 Å². The van der Waals surface area contributed by atoms with Gasteiger partial charge in [0.15, 0.2) is 17.3 Å². The average Bonchev–Trinajstić information content (AvgIpc) is 2.54. The molecule has 1 heterocycles. The highest BCUT2D eigenvalue weighted by molar-refractivity contribution is 6.32. The fourth-order valence-corrected chi connectivity index (χ4v) is 2.08. The smallest absolute Gasteiger partial charge is 0.363 e. The van der Waals surface area contributed by atoms with Crippen molar-refractivity contribution in [3.05, 3.63) is 39.4 Å². The molecule has 1 aromatic carbocycles. The number of halogens is 1. The number of benzene rings is 1. The Bertz CT molecular complexity index is 763. The second kappa shape index (κ2) is 8.88. The van der Waals surface area contributed by atoms with Crippen molar-refractivity contribution >= 4 is 23.6 Å². The molecule has 0 aliphatic carbocycles. The molecular formula is C15H18ClN5O3. The van der Waals surface area contributed by atoms with E-state index in [9.17, 15) is 4.79 Å². The van der Waals surface area contributed by atoms with E-state index in [1.807, 2.05) is 13.8 Å². The summed E-state index contributed by atoms with van der Waals surface area (Å²) < 4.78 is 11.2. The van der Waals surface area contributed by atoms with Crippen LogP contribution in [0.1, 0.15) is 25.8 Å². The molecule has 0 unspecified atom stereocenters. The number of aromatic amines is 1. The quantitative estimate of drug-likeness (QED) is 0.559. The lowest BCUT2D eigenvalue weighted by Crippen LogP contribution is -2.13. The summed E-state index contributed by atoms with van der Waals surface area (Å²) in [4.78, 5) is 14.7. The van der Waals surface area contributed by atoms with E-state index in [1.165, 1.54) is 12.4 Å². The summed E-state index contributed by atoms with van der Waals surface area (Å²) in [7, 11) is 0. The third-order valence-electron chi connectivity index (χ3n) is 2.74. The Morgan fingerprint density at radius 1 is 1.38 bits per heavy atom. The Kier molecular flexibility index (Phi) is 6.56. The van der Waals surface area contributed by atoms with Crippen LogP contribution in [0, 0.1) is 0 Å². The zero-order chi connectivity index (χ0) is 17.4. The zero-order valence-corrected chi connectivity index (χ0v) is 14.1. The Hall–Kier alpha value is -2.61. The molecule has 0 aliphatic rings. The van der Waals surface area contributed by atoms with E-state index in [0.29, 0.717) is 35.3 Å². The Labute approximate surface area is 143 Å². The number of rotatable bonds is 8. The number of nitrogens with zero attached hydrogens (tertiary/aromatic N) is 3. The standard InChI is InChI=1S/C15H18ClN5O3/c1-3-5-24-14-11(16)6-10(7-12(14)23-4-2)8-17-20-13-9-18-21-15(22)19-13/h6-9H,3-5H2,1-2H3,(H2,19,20,21,22)/b17-8+. The fourth-order valence-electron chi connectivity index (χ4n) is 1.81. The van der Waals surface area contributed by atoms with Crippen molar-refractivity contribution in [3.8, 4) is 11.5 Å². The normalized spacial score (nSPS) is 10.8. The molecule has 2 aromatic rings. The maximum atomic E-state index is 11.0. The molecule has 24 heavy (non-hydrogen) atoms. The van der Waals surface area contributed by atoms with Gasteiger partial charge in [-0.15, -0.1) is 0 Å². The van der Waals surface area contributed by atoms with Crippen LogP contribution in [0.3, 0.4) is 0 Å². The Morgan fingerprint density at radius 3 is 2.92 bits per heavy atom. The third-order valence-corrected chi connectivity index (χ3v) is 3.02. The number of aromatic nitrogens is 3. The number of hydrogen-bond acceptors (Lipinski definition) is 7. The molecule has 0 saturated carbocycles. The van der Waals surface area contributed by atoms with Crippen LogP contribution in [-0.2, 0) is 0 Å². The van der Waals surface area contributed by atoms with Gasteiger partial charge in [-0.2, -0.15) is 15.2 Å². The molecule has 0 aliphatic heterocycles. The second-order valence-corrected chi connectivity index (χ2v) is 5.06. The lowest BCUT2D eigenvalue weighted by Gasteiger charge is -2.13. The minimum atomic E-state index is -0.561. The predicted molar refractivity (Wildman–Crippen MR) is 92.3 cm³/mol. The average molecular weight is 352 g/mol. The second-order valence-electron chi connectivity index (χ2n) is 4.65. The van der Waals surface area contributed by atoms with Crippen LogP contribution < -0.4 is 20.6 Å². The summed E-state index contributed by atoms with van der Waals surface area (Å²) >= 11 is 6.27. The predicted octanol–water partition coefficient (Wildman–Crippen LogP) is 2.45. The van der Waals surface area contributed by atoms with Crippen molar-refractivity contribution in [1.82, 2.24) is 15.2 Å². The summed E-state index contributed by atoms with van der Waals surface area (Å²) in [5, 5.41) is 10.2. The van der Waals surface area contributed by atoms with Crippen LogP contribution >= 0.6 is 11.6 Å². The summed E-state index contributed by atoms with van der Waals surface area (Å²) in [5.41, 5.74) is 2.76. The van der Waals surface area contributed by atoms with Crippen LogP contribution in [0.2, 0.25) is 5.02 Å². The number of anilines is 1. The van der Waals surface area contributed by atoms with Gasteiger partial charge in [0.25, 0.3) is 0 Å². The SMILES string of the molecule is CCCOc1c(Cl)cc(/C=N/Nc2cn[nH]c(=O)n2)cc1OCC. The molecule has 1 aromatic heterocycles. The number of hydrazone groups is 1. The van der Waals surface area contributed by atoms with Gasteiger partial charge in [0, 0.05) is 0 Å². The van der Waals surface area contributed by atoms with Crippen molar-refractivity contribution in [3.63, 3.8) is 0 Å². The zero-order valence-electron chi connectivity index (χ0n) is 13.4. The van der Waals surface area contributed by atoms with E-state index in [1.54, 1.807) is 12.1 Å². The van der Waals surface area contributed by atoms with E-state index in [0.717, 1.165) is 6.42 Å². The lowest BCUT2D eigenvalue weighted by molar-refractivity contribution is 0.277. The molecule has 2 rings (SSSR count). The summed E-state index contributed by atoms with van der Waals surface area (Å²) in [6.07, 6.45) is 3.74. The van der Waals surface area contributed by atoms with Crippen molar-refractivity contribution in [2.45, 2.75) is 20.3 Å². The Morgan fingerprint density at radius 2 is 2.21 bits per heavy atom. The first-order chi connectivity index (χ1) is 11.6. The topological polar surface area (TPSA) is 101 Å². The first-order valence-electron chi connectivity index (χ1n) is 7.44. The first kappa shape index (κ1) is 17.7. The number of nitrogens with one attached hydrogen (secondary N) is 2. The summed E-state index contributed by atoms with van der Waals surface area (Å²) in [6, 6.07) is 3.48. The van der Waals surface area contributed by atoms with E-state index >= 15 is 0 Å². The van der Waals surface area contributed by atoms with Gasteiger partial charge in [-0.1, -0.05) is 18.5 Å². The van der Waals surface area contributed by atoms with Crippen molar-refractivity contribution in [2.75, 3.05) is 18.6 Å². The van der Waals surface area contributed by atoms with Gasteiger partial charge in [0.2, 0.25) is 0 Å². The highest BCUT2D eigenvalue weighted by Gasteiger charge is 2.11. The van der Waals surface area contributed by atoms with Gasteiger partial charge in [-0.25, -0.2) is 9.89 Å². The number of ether oxygens (including phenoxy) is 2.